The summed E-state index contributed by atoms with van der Waals surface area (Å²) in [6.07, 6.45) is 1.84. The average molecular weight is 356 g/mol. The summed E-state index contributed by atoms with van der Waals surface area (Å²) < 4.78 is 8.08. The molecule has 0 amide bonds. The lowest BCUT2D eigenvalue weighted by Gasteiger charge is -2.14. The monoisotopic (exact) mass is 356 g/mol. The van der Waals surface area contributed by atoms with Crippen LogP contribution in [0.5, 0.6) is 0 Å². The molecule has 3 heterocycles. The van der Waals surface area contributed by atoms with Crippen LogP contribution in [-0.2, 0) is 4.74 Å². The van der Waals surface area contributed by atoms with E-state index >= 15 is 0 Å². The summed E-state index contributed by atoms with van der Waals surface area (Å²) in [5.41, 5.74) is 4.14. The second-order valence-corrected chi connectivity index (χ2v) is 6.86. The number of aromatic nitrogens is 3. The molecule has 0 bridgehead atoms. The van der Waals surface area contributed by atoms with Crippen molar-refractivity contribution in [2.45, 2.75) is 25.3 Å². The van der Waals surface area contributed by atoms with Gasteiger partial charge in [-0.3, -0.25) is 5.32 Å². The number of pyridine rings is 1. The Bertz CT molecular complexity index is 1030. The Morgan fingerprint density at radius 1 is 0.889 bits per heavy atom. The highest BCUT2D eigenvalue weighted by atomic mass is 16.5. The predicted octanol–water partition coefficient (Wildman–Crippen LogP) is 4.14. The summed E-state index contributed by atoms with van der Waals surface area (Å²) in [5, 5.41) is 8.07. The zero-order valence-electron chi connectivity index (χ0n) is 15.0. The largest absolute Gasteiger partial charge is 0.350 e. The first-order valence-electron chi connectivity index (χ1n) is 9.16. The highest BCUT2D eigenvalue weighted by Gasteiger charge is 2.33. The number of benzene rings is 2. The van der Waals surface area contributed by atoms with Crippen LogP contribution in [0, 0.1) is 0 Å². The van der Waals surface area contributed by atoms with E-state index in [2.05, 4.69) is 70.9 Å². The van der Waals surface area contributed by atoms with Gasteiger partial charge in [0.15, 0.2) is 11.5 Å². The van der Waals surface area contributed by atoms with E-state index in [0.717, 1.165) is 22.6 Å². The predicted molar refractivity (Wildman–Crippen MR) is 104 cm³/mol. The first-order chi connectivity index (χ1) is 13.3. The van der Waals surface area contributed by atoms with E-state index in [4.69, 9.17) is 4.74 Å². The van der Waals surface area contributed by atoms with Crippen LogP contribution in [0.25, 0.3) is 17.0 Å². The molecule has 4 aromatic rings. The number of fused-ring (bicyclic) bond motifs is 1. The van der Waals surface area contributed by atoms with Gasteiger partial charge in [0.2, 0.25) is 0 Å². The van der Waals surface area contributed by atoms with Crippen LogP contribution in [0.3, 0.4) is 0 Å². The maximum absolute atomic E-state index is 6.29. The molecule has 1 saturated heterocycles. The normalized spacial score (nSPS) is 22.3. The fourth-order valence-electron chi connectivity index (χ4n) is 3.58. The lowest BCUT2D eigenvalue weighted by Crippen LogP contribution is -2.23. The van der Waals surface area contributed by atoms with Crippen LogP contribution in [0.2, 0.25) is 0 Å². The van der Waals surface area contributed by atoms with Crippen molar-refractivity contribution < 1.29 is 4.74 Å². The Labute approximate surface area is 157 Å². The van der Waals surface area contributed by atoms with Crippen molar-refractivity contribution in [2.75, 3.05) is 0 Å². The van der Waals surface area contributed by atoms with Gasteiger partial charge in [0.1, 0.15) is 12.3 Å². The number of nitrogens with zero attached hydrogens (tertiary/aromatic N) is 3. The van der Waals surface area contributed by atoms with Gasteiger partial charge in [-0.05, 0) is 30.2 Å². The van der Waals surface area contributed by atoms with Crippen LogP contribution in [0.4, 0.5) is 0 Å². The van der Waals surface area contributed by atoms with E-state index in [1.54, 1.807) is 4.52 Å². The molecule has 1 fully saturated rings. The van der Waals surface area contributed by atoms with Crippen LogP contribution < -0.4 is 5.32 Å². The molecule has 134 valence electrons. The molecule has 0 unspecified atom stereocenters. The van der Waals surface area contributed by atoms with Gasteiger partial charge in [-0.2, -0.15) is 0 Å². The van der Waals surface area contributed by atoms with E-state index in [9.17, 15) is 0 Å². The van der Waals surface area contributed by atoms with Crippen molar-refractivity contribution in [1.82, 2.24) is 19.9 Å². The summed E-state index contributed by atoms with van der Waals surface area (Å²) in [6, 6.07) is 24.7. The van der Waals surface area contributed by atoms with E-state index in [0.29, 0.717) is 0 Å². The van der Waals surface area contributed by atoms with E-state index < -0.39 is 0 Å². The molecule has 1 aliphatic heterocycles. The smallest absolute Gasteiger partial charge is 0.182 e. The van der Waals surface area contributed by atoms with Crippen molar-refractivity contribution in [3.63, 3.8) is 0 Å². The van der Waals surface area contributed by atoms with Crippen molar-refractivity contribution in [3.8, 4) is 11.4 Å². The average Bonchev–Trinajstić information content (AvgIpc) is 3.32. The highest BCUT2D eigenvalue weighted by molar-refractivity contribution is 5.58. The molecule has 27 heavy (non-hydrogen) atoms. The number of hydrogen-bond donors (Lipinski definition) is 1. The number of rotatable bonds is 3. The van der Waals surface area contributed by atoms with Crippen molar-refractivity contribution in [2.24, 2.45) is 0 Å². The van der Waals surface area contributed by atoms with Crippen LogP contribution in [0.15, 0.2) is 79.0 Å². The van der Waals surface area contributed by atoms with Crippen LogP contribution in [-0.4, -0.2) is 20.6 Å². The molecule has 5 rings (SSSR count). The van der Waals surface area contributed by atoms with E-state index in [1.807, 2.05) is 30.5 Å². The molecular weight excluding hydrogens is 336 g/mol. The van der Waals surface area contributed by atoms with Crippen LogP contribution in [0.1, 0.15) is 30.4 Å². The maximum atomic E-state index is 6.29. The summed E-state index contributed by atoms with van der Waals surface area (Å²) in [4.78, 5) is 4.58. The zero-order chi connectivity index (χ0) is 18.2. The Morgan fingerprint density at radius 2 is 1.67 bits per heavy atom. The maximum Gasteiger partial charge on any atom is 0.182 e. The molecule has 5 heteroatoms. The third-order valence-corrected chi connectivity index (χ3v) is 4.99. The third kappa shape index (κ3) is 3.01. The summed E-state index contributed by atoms with van der Waals surface area (Å²) in [5.74, 6) is 0.726. The highest BCUT2D eigenvalue weighted by Crippen LogP contribution is 2.35. The van der Waals surface area contributed by atoms with Gasteiger partial charge in [0, 0.05) is 17.8 Å². The standard InChI is InChI=1S/C22H20N4O/c1-15-20(16-7-3-2-4-8-16)27-22(23-15)18-12-10-17(11-13-18)21-24-19-9-5-6-14-26(19)25-21/h2-15,20,22-23H,1H3/t15-,20-,22-/m0/s1. The fourth-order valence-corrected chi connectivity index (χ4v) is 3.58. The van der Waals surface area contributed by atoms with Crippen molar-refractivity contribution in [3.05, 3.63) is 90.1 Å². The summed E-state index contributed by atoms with van der Waals surface area (Å²) in [6.45, 7) is 2.16. The van der Waals surface area contributed by atoms with E-state index in [1.165, 1.54) is 5.56 Å². The molecule has 2 aromatic carbocycles. The SMILES string of the molecule is C[C@@H]1N[C@H](c2ccc(-c3nc4ccccn4n3)cc2)O[C@@H]1c1ccccc1. The molecule has 0 radical (unpaired) electrons. The molecule has 0 aliphatic carbocycles. The summed E-state index contributed by atoms with van der Waals surface area (Å²) in [7, 11) is 0. The molecule has 3 atom stereocenters. The number of ether oxygens (including phenoxy) is 1. The zero-order valence-corrected chi connectivity index (χ0v) is 15.0. The third-order valence-electron chi connectivity index (χ3n) is 4.99. The Hall–Kier alpha value is -3.02. The minimum absolute atomic E-state index is 0.0518. The van der Waals surface area contributed by atoms with Gasteiger partial charge >= 0.3 is 0 Å². The lowest BCUT2D eigenvalue weighted by molar-refractivity contribution is 0.0363. The lowest BCUT2D eigenvalue weighted by atomic mass is 10.0. The van der Waals surface area contributed by atoms with E-state index in [-0.39, 0.29) is 18.4 Å². The van der Waals surface area contributed by atoms with Gasteiger partial charge in [-0.1, -0.05) is 60.7 Å². The minimum atomic E-state index is -0.117. The second-order valence-electron chi connectivity index (χ2n) is 6.86. The Morgan fingerprint density at radius 3 is 2.44 bits per heavy atom. The molecule has 0 saturated carbocycles. The number of hydrogen-bond acceptors (Lipinski definition) is 4. The summed E-state index contributed by atoms with van der Waals surface area (Å²) >= 11 is 0. The fraction of sp³-hybridized carbons (Fsp3) is 0.182. The van der Waals surface area contributed by atoms with Crippen molar-refractivity contribution in [1.29, 1.82) is 0 Å². The molecule has 2 aromatic heterocycles. The van der Waals surface area contributed by atoms with Gasteiger partial charge in [-0.15, -0.1) is 5.10 Å². The van der Waals surface area contributed by atoms with Gasteiger partial charge in [-0.25, -0.2) is 9.50 Å². The topological polar surface area (TPSA) is 51.5 Å². The van der Waals surface area contributed by atoms with Crippen molar-refractivity contribution >= 4 is 5.65 Å². The molecule has 1 N–H and O–H groups in total. The van der Waals surface area contributed by atoms with Crippen LogP contribution >= 0.6 is 0 Å². The van der Waals surface area contributed by atoms with Gasteiger partial charge in [0.05, 0.1) is 0 Å². The van der Waals surface area contributed by atoms with Gasteiger partial charge < -0.3 is 4.74 Å². The molecule has 0 spiro atoms. The quantitative estimate of drug-likeness (QED) is 0.599. The Balaban J connectivity index is 1.37. The molecular formula is C22H20N4O. The molecule has 1 aliphatic rings. The molecule has 5 nitrogen and oxygen atoms in total. The first kappa shape index (κ1) is 16.2. The Kier molecular flexibility index (Phi) is 3.96. The van der Waals surface area contributed by atoms with Gasteiger partial charge in [0.25, 0.3) is 0 Å². The minimum Gasteiger partial charge on any atom is -0.350 e. The first-order valence-corrected chi connectivity index (χ1v) is 9.16. The number of nitrogens with one attached hydrogen (secondary N) is 1. The second kappa shape index (κ2) is 6.61.